The van der Waals surface area contributed by atoms with Crippen molar-refractivity contribution < 1.29 is 9.26 Å². The number of ether oxygens (including phenoxy) is 1. The molecule has 0 spiro atoms. The molecule has 108 valence electrons. The van der Waals surface area contributed by atoms with Gasteiger partial charge in [0.05, 0.1) is 12.6 Å². The van der Waals surface area contributed by atoms with Crippen LogP contribution in [0.2, 0.25) is 0 Å². The lowest BCUT2D eigenvalue weighted by Crippen LogP contribution is -2.18. The van der Waals surface area contributed by atoms with Crippen LogP contribution >= 0.6 is 0 Å². The van der Waals surface area contributed by atoms with E-state index in [2.05, 4.69) is 30.9 Å². The minimum absolute atomic E-state index is 0.356. The highest BCUT2D eigenvalue weighted by Gasteiger charge is 2.15. The molecule has 1 aromatic carbocycles. The van der Waals surface area contributed by atoms with Crippen molar-refractivity contribution in [3.63, 3.8) is 0 Å². The fourth-order valence-corrected chi connectivity index (χ4v) is 1.81. The third-order valence-electron chi connectivity index (χ3n) is 3.17. The molecule has 0 aliphatic carbocycles. The molecule has 1 atom stereocenters. The van der Waals surface area contributed by atoms with E-state index in [1.165, 1.54) is 11.1 Å². The van der Waals surface area contributed by atoms with Crippen LogP contribution in [0, 0.1) is 13.8 Å². The van der Waals surface area contributed by atoms with E-state index in [1.807, 2.05) is 18.2 Å². The van der Waals surface area contributed by atoms with E-state index in [1.54, 1.807) is 0 Å². The lowest BCUT2D eigenvalue weighted by atomic mass is 10.1. The third-order valence-corrected chi connectivity index (χ3v) is 3.17. The van der Waals surface area contributed by atoms with Crippen LogP contribution in [0.1, 0.15) is 36.3 Å². The Balaban J connectivity index is 2.09. The van der Waals surface area contributed by atoms with Gasteiger partial charge in [0.2, 0.25) is 0 Å². The average Bonchev–Trinajstić information content (AvgIpc) is 2.92. The van der Waals surface area contributed by atoms with Crippen molar-refractivity contribution in [1.29, 1.82) is 0 Å². The Hall–Kier alpha value is -1.72. The van der Waals surface area contributed by atoms with Crippen molar-refractivity contribution in [3.05, 3.63) is 35.2 Å². The summed E-state index contributed by atoms with van der Waals surface area (Å²) in [5, 5.41) is 3.93. The van der Waals surface area contributed by atoms with E-state index < -0.39 is 0 Å². The second-order valence-electron chi connectivity index (χ2n) is 4.94. The summed E-state index contributed by atoms with van der Waals surface area (Å²) in [5.41, 5.74) is 9.31. The fourth-order valence-electron chi connectivity index (χ4n) is 1.81. The molecule has 1 unspecified atom stereocenters. The predicted molar refractivity (Wildman–Crippen MR) is 77.2 cm³/mol. The van der Waals surface area contributed by atoms with Gasteiger partial charge in [-0.15, -0.1) is 0 Å². The molecule has 0 bridgehead atoms. The molecule has 0 fully saturated rings. The van der Waals surface area contributed by atoms with Crippen LogP contribution < -0.4 is 5.73 Å². The van der Waals surface area contributed by atoms with Crippen LogP contribution in [-0.4, -0.2) is 23.4 Å². The summed E-state index contributed by atoms with van der Waals surface area (Å²) < 4.78 is 10.7. The first kappa shape index (κ1) is 14.7. The molecule has 2 rings (SSSR count). The summed E-state index contributed by atoms with van der Waals surface area (Å²) in [5.74, 6) is 0.975. The molecule has 2 aromatic rings. The summed E-state index contributed by atoms with van der Waals surface area (Å²) in [6.07, 6.45) is 0.965. The number of benzene rings is 1. The maximum Gasteiger partial charge on any atom is 0.257 e. The maximum atomic E-state index is 5.97. The fraction of sp³-hybridized carbons (Fsp3) is 0.467. The molecule has 5 nitrogen and oxygen atoms in total. The van der Waals surface area contributed by atoms with E-state index >= 15 is 0 Å². The zero-order valence-corrected chi connectivity index (χ0v) is 12.2. The summed E-state index contributed by atoms with van der Waals surface area (Å²) >= 11 is 0. The normalized spacial score (nSPS) is 12.6. The Labute approximate surface area is 119 Å². The second-order valence-corrected chi connectivity index (χ2v) is 4.94. The minimum atomic E-state index is -0.356. The van der Waals surface area contributed by atoms with Crippen LogP contribution in [0.25, 0.3) is 11.5 Å². The smallest absolute Gasteiger partial charge is 0.257 e. The lowest BCUT2D eigenvalue weighted by molar-refractivity contribution is 0.119. The highest BCUT2D eigenvalue weighted by molar-refractivity contribution is 5.55. The van der Waals surface area contributed by atoms with Crippen molar-refractivity contribution >= 4 is 0 Å². The van der Waals surface area contributed by atoms with Crippen molar-refractivity contribution in [2.24, 2.45) is 5.73 Å². The summed E-state index contributed by atoms with van der Waals surface area (Å²) in [7, 11) is 0. The van der Waals surface area contributed by atoms with Crippen LogP contribution in [0.5, 0.6) is 0 Å². The SMILES string of the molecule is CCCOCC(N)c1noc(-c2ccc(C)c(C)c2)n1. The Morgan fingerprint density at radius 2 is 2.10 bits per heavy atom. The second kappa shape index (κ2) is 6.63. The van der Waals surface area contributed by atoms with E-state index in [0.29, 0.717) is 24.9 Å². The monoisotopic (exact) mass is 275 g/mol. The van der Waals surface area contributed by atoms with Crippen LogP contribution in [0.3, 0.4) is 0 Å². The molecule has 0 saturated heterocycles. The molecule has 0 aliphatic rings. The number of nitrogens with zero attached hydrogens (tertiary/aromatic N) is 2. The minimum Gasteiger partial charge on any atom is -0.379 e. The van der Waals surface area contributed by atoms with Crippen LogP contribution in [0.4, 0.5) is 0 Å². The summed E-state index contributed by atoms with van der Waals surface area (Å²) in [6, 6.07) is 5.69. The van der Waals surface area contributed by atoms with Gasteiger partial charge in [0, 0.05) is 12.2 Å². The van der Waals surface area contributed by atoms with Crippen LogP contribution in [-0.2, 0) is 4.74 Å². The number of hydrogen-bond acceptors (Lipinski definition) is 5. The Kier molecular flexibility index (Phi) is 4.87. The molecule has 0 amide bonds. The quantitative estimate of drug-likeness (QED) is 0.820. The number of aromatic nitrogens is 2. The first-order chi connectivity index (χ1) is 9.61. The molecule has 0 radical (unpaired) electrons. The predicted octanol–water partition coefficient (Wildman–Crippen LogP) is 2.78. The summed E-state index contributed by atoms with van der Waals surface area (Å²) in [4.78, 5) is 4.35. The van der Waals surface area contributed by atoms with Gasteiger partial charge in [-0.2, -0.15) is 4.98 Å². The number of rotatable bonds is 6. The van der Waals surface area contributed by atoms with Gasteiger partial charge in [-0.3, -0.25) is 0 Å². The van der Waals surface area contributed by atoms with Gasteiger partial charge in [-0.1, -0.05) is 18.1 Å². The van der Waals surface area contributed by atoms with Crippen molar-refractivity contribution in [1.82, 2.24) is 10.1 Å². The zero-order chi connectivity index (χ0) is 14.5. The first-order valence-corrected chi connectivity index (χ1v) is 6.86. The summed E-state index contributed by atoms with van der Waals surface area (Å²) in [6.45, 7) is 7.27. The standard InChI is InChI=1S/C15H21N3O2/c1-4-7-19-9-13(16)14-17-15(20-18-14)12-6-5-10(2)11(3)8-12/h5-6,8,13H,4,7,9,16H2,1-3H3. The molecule has 20 heavy (non-hydrogen) atoms. The Bertz CT molecular complexity index is 566. The number of nitrogens with two attached hydrogens (primary N) is 1. The highest BCUT2D eigenvalue weighted by atomic mass is 16.5. The zero-order valence-electron chi connectivity index (χ0n) is 12.2. The van der Waals surface area contributed by atoms with Crippen molar-refractivity contribution in [2.75, 3.05) is 13.2 Å². The van der Waals surface area contributed by atoms with Crippen LogP contribution in [0.15, 0.2) is 22.7 Å². The van der Waals surface area contributed by atoms with E-state index in [-0.39, 0.29) is 6.04 Å². The van der Waals surface area contributed by atoms with Gasteiger partial charge in [-0.25, -0.2) is 0 Å². The number of hydrogen-bond donors (Lipinski definition) is 1. The first-order valence-electron chi connectivity index (χ1n) is 6.86. The van der Waals surface area contributed by atoms with E-state index in [4.69, 9.17) is 15.0 Å². The molecular formula is C15H21N3O2. The third kappa shape index (κ3) is 3.43. The molecule has 2 N–H and O–H groups in total. The lowest BCUT2D eigenvalue weighted by Gasteiger charge is -2.06. The molecule has 5 heteroatoms. The van der Waals surface area contributed by atoms with Gasteiger partial charge in [0.1, 0.15) is 0 Å². The van der Waals surface area contributed by atoms with E-state index in [0.717, 1.165) is 12.0 Å². The Morgan fingerprint density at radius 3 is 2.80 bits per heavy atom. The molecule has 1 aromatic heterocycles. The van der Waals surface area contributed by atoms with Gasteiger partial charge in [-0.05, 0) is 43.5 Å². The van der Waals surface area contributed by atoms with Gasteiger partial charge in [0.15, 0.2) is 5.82 Å². The molecule has 1 heterocycles. The maximum absolute atomic E-state index is 5.97. The molecule has 0 aliphatic heterocycles. The highest BCUT2D eigenvalue weighted by Crippen LogP contribution is 2.21. The average molecular weight is 275 g/mol. The van der Waals surface area contributed by atoms with Gasteiger partial charge < -0.3 is 15.0 Å². The largest absolute Gasteiger partial charge is 0.379 e. The van der Waals surface area contributed by atoms with Crippen molar-refractivity contribution in [2.45, 2.75) is 33.2 Å². The topological polar surface area (TPSA) is 74.2 Å². The number of aryl methyl sites for hydroxylation is 2. The van der Waals surface area contributed by atoms with Crippen molar-refractivity contribution in [3.8, 4) is 11.5 Å². The Morgan fingerprint density at radius 1 is 1.30 bits per heavy atom. The van der Waals surface area contributed by atoms with E-state index in [9.17, 15) is 0 Å². The molecule has 0 saturated carbocycles. The van der Waals surface area contributed by atoms with Gasteiger partial charge >= 0.3 is 0 Å². The van der Waals surface area contributed by atoms with Gasteiger partial charge in [0.25, 0.3) is 5.89 Å². The molecular weight excluding hydrogens is 254 g/mol.